The molecule has 1 aromatic rings. The largest absolute Gasteiger partial charge is 0.458 e. The molecule has 0 atom stereocenters. The van der Waals surface area contributed by atoms with Crippen molar-refractivity contribution in [1.82, 2.24) is 0 Å². The number of carbonyl (C=O) groups is 2. The molecule has 0 heterocycles. The summed E-state index contributed by atoms with van der Waals surface area (Å²) in [6.45, 7) is 8.55. The molecule has 1 aromatic carbocycles. The van der Waals surface area contributed by atoms with Crippen LogP contribution in [-0.4, -0.2) is 36.3 Å². The van der Waals surface area contributed by atoms with Crippen LogP contribution in [0.3, 0.4) is 0 Å². The van der Waals surface area contributed by atoms with E-state index in [1.807, 2.05) is 32.9 Å². The van der Waals surface area contributed by atoms with Gasteiger partial charge in [-0.1, -0.05) is 17.7 Å². The first-order valence-corrected chi connectivity index (χ1v) is 10.4. The molecule has 152 valence electrons. The fraction of sp³-hybridized carbons (Fsp3) is 0.579. The number of ether oxygens (including phenoxy) is 2. The van der Waals surface area contributed by atoms with E-state index in [1.54, 1.807) is 0 Å². The van der Waals surface area contributed by atoms with E-state index in [1.165, 1.54) is 13.8 Å². The first kappa shape index (κ1) is 23.1. The van der Waals surface area contributed by atoms with Crippen LogP contribution in [0.5, 0.6) is 5.75 Å². The molecule has 0 fully saturated rings. The van der Waals surface area contributed by atoms with Crippen LogP contribution in [0, 0.1) is 20.8 Å². The van der Waals surface area contributed by atoms with Crippen molar-refractivity contribution in [2.45, 2.75) is 65.9 Å². The Morgan fingerprint density at radius 1 is 1.00 bits per heavy atom. The van der Waals surface area contributed by atoms with Crippen LogP contribution >= 0.6 is 0 Å². The highest BCUT2D eigenvalue weighted by atomic mass is 32.2. The molecule has 1 N–H and O–H groups in total. The Morgan fingerprint density at radius 2 is 1.48 bits per heavy atom. The van der Waals surface area contributed by atoms with Crippen molar-refractivity contribution in [2.75, 3.05) is 5.75 Å². The van der Waals surface area contributed by atoms with Gasteiger partial charge in [0.05, 0.1) is 0 Å². The molecule has 0 aliphatic heterocycles. The quantitative estimate of drug-likeness (QED) is 0.293. The van der Waals surface area contributed by atoms with Crippen molar-refractivity contribution >= 4 is 22.1 Å². The summed E-state index contributed by atoms with van der Waals surface area (Å²) in [5, 5.41) is 0. The lowest BCUT2D eigenvalue weighted by atomic mass is 10.1. The molecule has 0 radical (unpaired) electrons. The van der Waals surface area contributed by atoms with Crippen molar-refractivity contribution < 1.29 is 32.0 Å². The van der Waals surface area contributed by atoms with Gasteiger partial charge in [-0.15, -0.1) is 0 Å². The van der Waals surface area contributed by atoms with E-state index in [0.29, 0.717) is 18.6 Å². The predicted octanol–water partition coefficient (Wildman–Crippen LogP) is 3.29. The highest BCUT2D eigenvalue weighted by Crippen LogP contribution is 2.25. The number of esters is 2. The lowest BCUT2D eigenvalue weighted by Gasteiger charge is -2.23. The van der Waals surface area contributed by atoms with Crippen LogP contribution in [0.15, 0.2) is 12.1 Å². The summed E-state index contributed by atoms with van der Waals surface area (Å²) in [6.07, 6.45) is 1.05. The summed E-state index contributed by atoms with van der Waals surface area (Å²) in [5.74, 6) is -1.06. The van der Waals surface area contributed by atoms with Crippen molar-refractivity contribution in [3.63, 3.8) is 0 Å². The van der Waals surface area contributed by atoms with Crippen LogP contribution in [0.1, 0.15) is 56.2 Å². The molecule has 0 bridgehead atoms. The molecule has 0 aromatic heterocycles. The Bertz CT molecular complexity index is 771. The number of hydrogen-bond donors (Lipinski definition) is 1. The summed E-state index contributed by atoms with van der Waals surface area (Å²) in [6, 6.07) is 3.89. The number of rotatable bonds is 9. The van der Waals surface area contributed by atoms with Gasteiger partial charge in [-0.2, -0.15) is 8.42 Å². The third kappa shape index (κ3) is 9.01. The standard InChI is InChI=1S/C19H28O7S/c1-13-10-14(2)18(15(3)11-13)25-16(20)8-6-7-9-17(21)26-19(4,5)12-27(22,23)24/h10-11H,6-9,12H2,1-5H3,(H,22,23,24). The summed E-state index contributed by atoms with van der Waals surface area (Å²) in [4.78, 5) is 23.8. The van der Waals surface area contributed by atoms with Crippen molar-refractivity contribution in [1.29, 1.82) is 0 Å². The SMILES string of the molecule is Cc1cc(C)c(OC(=O)CCCCC(=O)OC(C)(C)CS(=O)(=O)O)c(C)c1. The number of benzene rings is 1. The lowest BCUT2D eigenvalue weighted by molar-refractivity contribution is -0.154. The Hall–Kier alpha value is -1.93. The number of hydrogen-bond acceptors (Lipinski definition) is 6. The minimum Gasteiger partial charge on any atom is -0.458 e. The maximum atomic E-state index is 12.0. The number of carbonyl (C=O) groups excluding carboxylic acids is 2. The summed E-state index contributed by atoms with van der Waals surface area (Å²) in [5.41, 5.74) is 1.57. The van der Waals surface area contributed by atoms with Crippen LogP contribution in [-0.2, 0) is 24.4 Å². The molecule has 0 spiro atoms. The number of unbranched alkanes of at least 4 members (excludes halogenated alkanes) is 1. The molecule has 0 unspecified atom stereocenters. The highest BCUT2D eigenvalue weighted by Gasteiger charge is 2.28. The van der Waals surface area contributed by atoms with Crippen LogP contribution in [0.4, 0.5) is 0 Å². The molecular weight excluding hydrogens is 372 g/mol. The Kier molecular flexibility index (Phi) is 7.98. The summed E-state index contributed by atoms with van der Waals surface area (Å²) in [7, 11) is -4.24. The molecular formula is C19H28O7S. The van der Waals surface area contributed by atoms with E-state index in [-0.39, 0.29) is 18.8 Å². The van der Waals surface area contributed by atoms with Gasteiger partial charge in [0.15, 0.2) is 0 Å². The molecule has 0 saturated heterocycles. The van der Waals surface area contributed by atoms with Crippen molar-refractivity contribution in [3.05, 3.63) is 28.8 Å². The topological polar surface area (TPSA) is 107 Å². The van der Waals surface area contributed by atoms with Gasteiger partial charge >= 0.3 is 11.9 Å². The third-order valence-corrected chi connectivity index (χ3v) is 4.81. The van der Waals surface area contributed by atoms with E-state index in [9.17, 15) is 18.0 Å². The zero-order chi connectivity index (χ0) is 20.8. The molecule has 7 nitrogen and oxygen atoms in total. The van der Waals surface area contributed by atoms with Crippen LogP contribution in [0.2, 0.25) is 0 Å². The van der Waals surface area contributed by atoms with Crippen molar-refractivity contribution in [2.24, 2.45) is 0 Å². The molecule has 0 amide bonds. The van der Waals surface area contributed by atoms with E-state index in [4.69, 9.17) is 14.0 Å². The zero-order valence-electron chi connectivity index (χ0n) is 16.5. The van der Waals surface area contributed by atoms with Crippen LogP contribution in [0.25, 0.3) is 0 Å². The van der Waals surface area contributed by atoms with Gasteiger partial charge in [0.1, 0.15) is 17.1 Å². The van der Waals surface area contributed by atoms with Gasteiger partial charge in [-0.25, -0.2) is 0 Å². The average molecular weight is 400 g/mol. The monoisotopic (exact) mass is 400 g/mol. The van der Waals surface area contributed by atoms with Crippen LogP contribution < -0.4 is 4.74 Å². The summed E-state index contributed by atoms with van der Waals surface area (Å²) >= 11 is 0. The average Bonchev–Trinajstić information content (AvgIpc) is 2.44. The summed E-state index contributed by atoms with van der Waals surface area (Å²) < 4.78 is 41.1. The lowest BCUT2D eigenvalue weighted by Crippen LogP contribution is -2.35. The normalized spacial score (nSPS) is 11.9. The number of aryl methyl sites for hydroxylation is 3. The molecule has 1 rings (SSSR count). The van der Waals surface area contributed by atoms with Gasteiger partial charge in [-0.05, 0) is 58.6 Å². The molecule has 0 aliphatic rings. The second kappa shape index (κ2) is 9.32. The second-order valence-corrected chi connectivity index (χ2v) is 8.82. The van der Waals surface area contributed by atoms with Crippen molar-refractivity contribution in [3.8, 4) is 5.75 Å². The van der Waals surface area contributed by atoms with Gasteiger partial charge < -0.3 is 9.47 Å². The molecule has 27 heavy (non-hydrogen) atoms. The minimum atomic E-state index is -4.24. The molecule has 8 heteroatoms. The maximum Gasteiger partial charge on any atom is 0.311 e. The van der Waals surface area contributed by atoms with E-state index < -0.39 is 27.4 Å². The predicted molar refractivity (Wildman–Crippen MR) is 101 cm³/mol. The maximum absolute atomic E-state index is 12.0. The van der Waals surface area contributed by atoms with E-state index >= 15 is 0 Å². The van der Waals surface area contributed by atoms with Gasteiger partial charge in [0.2, 0.25) is 0 Å². The van der Waals surface area contributed by atoms with Gasteiger partial charge in [0, 0.05) is 12.8 Å². The minimum absolute atomic E-state index is 0.0464. The van der Waals surface area contributed by atoms with Gasteiger partial charge in [0.25, 0.3) is 10.1 Å². The Labute approximate surface area is 160 Å². The third-order valence-electron chi connectivity index (χ3n) is 3.75. The first-order valence-electron chi connectivity index (χ1n) is 8.74. The molecule has 0 saturated carbocycles. The van der Waals surface area contributed by atoms with E-state index in [0.717, 1.165) is 16.7 Å². The Morgan fingerprint density at radius 3 is 1.96 bits per heavy atom. The zero-order valence-corrected chi connectivity index (χ0v) is 17.3. The Balaban J connectivity index is 2.39. The van der Waals surface area contributed by atoms with Gasteiger partial charge in [-0.3, -0.25) is 14.1 Å². The second-order valence-electron chi connectivity index (χ2n) is 7.37. The van der Waals surface area contributed by atoms with E-state index in [2.05, 4.69) is 0 Å². The smallest absolute Gasteiger partial charge is 0.311 e. The fourth-order valence-electron chi connectivity index (χ4n) is 2.86. The fourth-order valence-corrected chi connectivity index (χ4v) is 3.80. The first-order chi connectivity index (χ1) is 12.3. The molecule has 0 aliphatic carbocycles. The highest BCUT2D eigenvalue weighted by molar-refractivity contribution is 7.85.